The van der Waals surface area contributed by atoms with Crippen LogP contribution < -0.4 is 10.2 Å². The van der Waals surface area contributed by atoms with Crippen LogP contribution in [0.25, 0.3) is 0 Å². The van der Waals surface area contributed by atoms with Crippen molar-refractivity contribution in [2.75, 3.05) is 36.4 Å². The number of nitrogens with one attached hydrogen (secondary N) is 1. The van der Waals surface area contributed by atoms with E-state index in [4.69, 9.17) is 0 Å². The van der Waals surface area contributed by atoms with E-state index in [1.54, 1.807) is 6.07 Å². The molecule has 0 spiro atoms. The third-order valence-corrected chi connectivity index (χ3v) is 5.29. The van der Waals surface area contributed by atoms with Crippen LogP contribution in [0.15, 0.2) is 42.5 Å². The molecule has 1 aromatic carbocycles. The van der Waals surface area contributed by atoms with Gasteiger partial charge >= 0.3 is 0 Å². The van der Waals surface area contributed by atoms with Crippen molar-refractivity contribution in [2.45, 2.75) is 31.7 Å². The maximum atomic E-state index is 12.3. The smallest absolute Gasteiger partial charge is 0.276 e. The number of hydrogen-bond acceptors (Lipinski definition) is 5. The van der Waals surface area contributed by atoms with E-state index in [1.165, 1.54) is 38.8 Å². The van der Waals surface area contributed by atoms with Crippen molar-refractivity contribution in [2.24, 2.45) is 0 Å². The van der Waals surface area contributed by atoms with Crippen LogP contribution in [0.4, 0.5) is 11.5 Å². The number of benzene rings is 1. The number of piperidine rings is 1. The summed E-state index contributed by atoms with van der Waals surface area (Å²) in [6.45, 7) is 4.46. The van der Waals surface area contributed by atoms with Crippen molar-refractivity contribution in [1.29, 1.82) is 0 Å². The van der Waals surface area contributed by atoms with Gasteiger partial charge in [0.05, 0.1) is 0 Å². The van der Waals surface area contributed by atoms with E-state index in [0.717, 1.165) is 24.6 Å². The first-order valence-corrected chi connectivity index (χ1v) is 9.49. The van der Waals surface area contributed by atoms with Gasteiger partial charge < -0.3 is 10.2 Å². The Balaban J connectivity index is 1.39. The molecule has 0 radical (unpaired) electrons. The Labute approximate surface area is 154 Å². The van der Waals surface area contributed by atoms with Gasteiger partial charge in [0.1, 0.15) is 0 Å². The van der Waals surface area contributed by atoms with E-state index in [-0.39, 0.29) is 5.91 Å². The topological polar surface area (TPSA) is 61.4 Å². The lowest BCUT2D eigenvalue weighted by molar-refractivity contribution is 0.102. The highest BCUT2D eigenvalue weighted by atomic mass is 16.1. The molecule has 1 N–H and O–H groups in total. The average molecular weight is 351 g/mol. The van der Waals surface area contributed by atoms with Crippen molar-refractivity contribution >= 4 is 17.4 Å². The highest BCUT2D eigenvalue weighted by Gasteiger charge is 2.27. The van der Waals surface area contributed by atoms with Crippen LogP contribution >= 0.6 is 0 Å². The standard InChI is InChI=1S/C20H25N5O/c26-20(21-16-7-2-1-3-8-16)18-10-11-19(23-22-18)25-14-6-9-17(15-25)24-12-4-5-13-24/h1-3,7-8,10-11,17H,4-6,9,12-15H2,(H,21,26). The van der Waals surface area contributed by atoms with Crippen molar-refractivity contribution in [3.8, 4) is 0 Å². The molecule has 1 unspecified atom stereocenters. The predicted molar refractivity (Wildman–Crippen MR) is 102 cm³/mol. The second-order valence-corrected chi connectivity index (χ2v) is 7.08. The minimum Gasteiger partial charge on any atom is -0.354 e. The first-order chi connectivity index (χ1) is 12.8. The number of rotatable bonds is 4. The first-order valence-electron chi connectivity index (χ1n) is 9.49. The number of hydrogen-bond donors (Lipinski definition) is 1. The molecule has 2 saturated heterocycles. The molecule has 2 aliphatic heterocycles. The Hall–Kier alpha value is -2.47. The summed E-state index contributed by atoms with van der Waals surface area (Å²) in [5.41, 5.74) is 1.10. The predicted octanol–water partition coefficient (Wildman–Crippen LogP) is 2.79. The van der Waals surface area contributed by atoms with Crippen LogP contribution in [0.5, 0.6) is 0 Å². The Morgan fingerprint density at radius 3 is 2.50 bits per heavy atom. The quantitative estimate of drug-likeness (QED) is 0.918. The summed E-state index contributed by atoms with van der Waals surface area (Å²) in [6.07, 6.45) is 5.09. The molecule has 136 valence electrons. The lowest BCUT2D eigenvalue weighted by Gasteiger charge is -2.38. The Morgan fingerprint density at radius 2 is 1.77 bits per heavy atom. The number of amides is 1. The number of aromatic nitrogens is 2. The number of para-hydroxylation sites is 1. The summed E-state index contributed by atoms with van der Waals surface area (Å²) in [5, 5.41) is 11.3. The van der Waals surface area contributed by atoms with Crippen molar-refractivity contribution < 1.29 is 4.79 Å². The molecular weight excluding hydrogens is 326 g/mol. The third-order valence-electron chi connectivity index (χ3n) is 5.29. The largest absolute Gasteiger partial charge is 0.354 e. The maximum absolute atomic E-state index is 12.3. The highest BCUT2D eigenvalue weighted by molar-refractivity contribution is 6.02. The highest BCUT2D eigenvalue weighted by Crippen LogP contribution is 2.23. The normalized spacial score (nSPS) is 20.9. The van der Waals surface area contributed by atoms with Gasteiger partial charge in [0.25, 0.3) is 5.91 Å². The van der Waals surface area contributed by atoms with Gasteiger partial charge in [-0.2, -0.15) is 0 Å². The number of nitrogens with zero attached hydrogens (tertiary/aromatic N) is 4. The molecule has 1 amide bonds. The summed E-state index contributed by atoms with van der Waals surface area (Å²) in [5.74, 6) is 0.633. The molecule has 26 heavy (non-hydrogen) atoms. The lowest BCUT2D eigenvalue weighted by atomic mass is 10.0. The number of carbonyl (C=O) groups excluding carboxylic acids is 1. The minimum absolute atomic E-state index is 0.233. The Kier molecular flexibility index (Phi) is 5.11. The van der Waals surface area contributed by atoms with Crippen LogP contribution in [0.2, 0.25) is 0 Å². The second-order valence-electron chi connectivity index (χ2n) is 7.08. The number of likely N-dealkylation sites (tertiary alicyclic amines) is 1. The molecule has 0 aliphatic carbocycles. The molecule has 3 heterocycles. The van der Waals surface area contributed by atoms with Gasteiger partial charge in [0.2, 0.25) is 0 Å². The zero-order valence-electron chi connectivity index (χ0n) is 15.0. The van der Waals surface area contributed by atoms with Crippen molar-refractivity contribution in [3.63, 3.8) is 0 Å². The number of anilines is 2. The monoisotopic (exact) mass is 351 g/mol. The molecule has 0 bridgehead atoms. The van der Waals surface area contributed by atoms with Crippen LogP contribution in [0.1, 0.15) is 36.2 Å². The molecule has 6 heteroatoms. The SMILES string of the molecule is O=C(Nc1ccccc1)c1ccc(N2CCCC(N3CCCC3)C2)nn1. The zero-order valence-corrected chi connectivity index (χ0v) is 15.0. The molecule has 2 aromatic rings. The van der Waals surface area contributed by atoms with Gasteiger partial charge in [-0.25, -0.2) is 0 Å². The fourth-order valence-electron chi connectivity index (χ4n) is 3.90. The first kappa shape index (κ1) is 17.0. The molecule has 2 fully saturated rings. The van der Waals surface area contributed by atoms with Crippen molar-refractivity contribution in [3.05, 3.63) is 48.2 Å². The molecule has 2 aliphatic rings. The van der Waals surface area contributed by atoms with Gasteiger partial charge in [0.15, 0.2) is 11.5 Å². The lowest BCUT2D eigenvalue weighted by Crippen LogP contribution is -2.47. The fourth-order valence-corrected chi connectivity index (χ4v) is 3.90. The minimum atomic E-state index is -0.233. The van der Waals surface area contributed by atoms with Gasteiger partial charge in [-0.1, -0.05) is 18.2 Å². The van der Waals surface area contributed by atoms with Crippen LogP contribution in [-0.2, 0) is 0 Å². The van der Waals surface area contributed by atoms with Gasteiger partial charge in [-0.15, -0.1) is 10.2 Å². The zero-order chi connectivity index (χ0) is 17.8. The Bertz CT molecular complexity index is 728. The Morgan fingerprint density at radius 1 is 0.962 bits per heavy atom. The van der Waals surface area contributed by atoms with Gasteiger partial charge in [-0.3, -0.25) is 9.69 Å². The van der Waals surface area contributed by atoms with Crippen LogP contribution in [0, 0.1) is 0 Å². The van der Waals surface area contributed by atoms with E-state index in [2.05, 4.69) is 25.3 Å². The van der Waals surface area contributed by atoms with E-state index in [1.807, 2.05) is 36.4 Å². The van der Waals surface area contributed by atoms with Gasteiger partial charge in [0, 0.05) is 24.8 Å². The summed E-state index contributed by atoms with van der Waals surface area (Å²) in [4.78, 5) is 17.2. The molecule has 6 nitrogen and oxygen atoms in total. The molecular formula is C20H25N5O. The summed E-state index contributed by atoms with van der Waals surface area (Å²) < 4.78 is 0. The van der Waals surface area contributed by atoms with Crippen molar-refractivity contribution in [1.82, 2.24) is 15.1 Å². The second kappa shape index (κ2) is 7.83. The third kappa shape index (κ3) is 3.85. The summed E-state index contributed by atoms with van der Waals surface area (Å²) in [6, 6.07) is 13.7. The summed E-state index contributed by atoms with van der Waals surface area (Å²) >= 11 is 0. The maximum Gasteiger partial charge on any atom is 0.276 e. The molecule has 4 rings (SSSR count). The summed E-state index contributed by atoms with van der Waals surface area (Å²) in [7, 11) is 0. The fraction of sp³-hybridized carbons (Fsp3) is 0.450. The van der Waals surface area contributed by atoms with Gasteiger partial charge in [-0.05, 0) is 63.0 Å². The molecule has 1 aromatic heterocycles. The molecule has 1 atom stereocenters. The van der Waals surface area contributed by atoms with E-state index in [0.29, 0.717) is 11.7 Å². The number of carbonyl (C=O) groups is 1. The molecule has 0 saturated carbocycles. The van der Waals surface area contributed by atoms with Crippen LogP contribution in [0.3, 0.4) is 0 Å². The van der Waals surface area contributed by atoms with E-state index < -0.39 is 0 Å². The van der Waals surface area contributed by atoms with Crippen LogP contribution in [-0.4, -0.2) is 53.2 Å². The average Bonchev–Trinajstić information content (AvgIpc) is 3.24. The van der Waals surface area contributed by atoms with E-state index in [9.17, 15) is 4.79 Å². The van der Waals surface area contributed by atoms with E-state index >= 15 is 0 Å².